The largest absolute Gasteiger partial charge is 0.332 e. The molecule has 0 aliphatic rings. The molecule has 0 aliphatic carbocycles. The first-order valence-electron chi connectivity index (χ1n) is 11.5. The van der Waals surface area contributed by atoms with Crippen LogP contribution in [0.5, 0.6) is 0 Å². The van der Waals surface area contributed by atoms with Gasteiger partial charge in [0.25, 0.3) is 5.56 Å². The van der Waals surface area contributed by atoms with E-state index in [4.69, 9.17) is 0 Å². The summed E-state index contributed by atoms with van der Waals surface area (Å²) in [5.41, 5.74) is 3.42. The molecule has 176 valence electrons. The fourth-order valence-electron chi connectivity index (χ4n) is 3.79. The van der Waals surface area contributed by atoms with Gasteiger partial charge in [0, 0.05) is 18.2 Å². The fraction of sp³-hybridized carbons (Fsp3) is 0.320. The number of tetrazole rings is 1. The number of rotatable bonds is 10. The first-order chi connectivity index (χ1) is 16.6. The summed E-state index contributed by atoms with van der Waals surface area (Å²) in [5.74, 6) is 1.41. The van der Waals surface area contributed by atoms with Crippen molar-refractivity contribution in [2.24, 2.45) is 0 Å². The molecule has 0 spiro atoms. The third-order valence-electron chi connectivity index (χ3n) is 5.55. The fourth-order valence-corrected chi connectivity index (χ4v) is 4.91. The molecule has 4 aromatic rings. The van der Waals surface area contributed by atoms with E-state index in [-0.39, 0.29) is 11.2 Å². The van der Waals surface area contributed by atoms with Crippen LogP contribution in [0, 0.1) is 0 Å². The Morgan fingerprint density at radius 3 is 2.38 bits per heavy atom. The zero-order chi connectivity index (χ0) is 23.9. The highest BCUT2D eigenvalue weighted by Crippen LogP contribution is 2.30. The number of benzene rings is 2. The Balaban J connectivity index is 1.66. The van der Waals surface area contributed by atoms with Crippen molar-refractivity contribution in [2.75, 3.05) is 5.75 Å². The minimum absolute atomic E-state index is 0.226. The maximum atomic E-state index is 13.2. The Labute approximate surface area is 202 Å². The molecule has 1 N–H and O–H groups in total. The zero-order valence-electron chi connectivity index (χ0n) is 19.4. The predicted octanol–water partition coefficient (Wildman–Crippen LogP) is 4.21. The van der Waals surface area contributed by atoms with Gasteiger partial charge in [0.2, 0.25) is 5.82 Å². The minimum Gasteiger partial charge on any atom is -0.283 e. The molecule has 2 aromatic carbocycles. The van der Waals surface area contributed by atoms with E-state index in [2.05, 4.69) is 27.5 Å². The predicted molar refractivity (Wildman–Crippen MR) is 135 cm³/mol. The third-order valence-corrected chi connectivity index (χ3v) is 6.68. The van der Waals surface area contributed by atoms with Gasteiger partial charge in [-0.05, 0) is 40.5 Å². The Morgan fingerprint density at radius 1 is 0.941 bits per heavy atom. The van der Waals surface area contributed by atoms with Crippen molar-refractivity contribution in [3.05, 3.63) is 81.0 Å². The second-order valence-electron chi connectivity index (χ2n) is 8.02. The van der Waals surface area contributed by atoms with E-state index in [1.165, 1.54) is 4.57 Å². The van der Waals surface area contributed by atoms with Crippen LogP contribution in [0.3, 0.4) is 0 Å². The highest BCUT2D eigenvalue weighted by Gasteiger charge is 2.14. The lowest BCUT2D eigenvalue weighted by atomic mass is 9.98. The second-order valence-corrected chi connectivity index (χ2v) is 9.14. The minimum atomic E-state index is -0.250. The van der Waals surface area contributed by atoms with Crippen molar-refractivity contribution in [2.45, 2.75) is 51.2 Å². The first-order valence-corrected chi connectivity index (χ1v) is 12.5. The van der Waals surface area contributed by atoms with Crippen LogP contribution in [-0.4, -0.2) is 35.5 Å². The van der Waals surface area contributed by atoms with Gasteiger partial charge in [-0.3, -0.25) is 13.9 Å². The summed E-state index contributed by atoms with van der Waals surface area (Å²) < 4.78 is 3.05. The highest BCUT2D eigenvalue weighted by atomic mass is 32.2. The lowest BCUT2D eigenvalue weighted by Gasteiger charge is -2.15. The van der Waals surface area contributed by atoms with Crippen molar-refractivity contribution in [3.63, 3.8) is 0 Å². The Kier molecular flexibility index (Phi) is 7.74. The van der Waals surface area contributed by atoms with E-state index in [9.17, 15) is 9.59 Å². The average Bonchev–Trinajstić information content (AvgIpc) is 3.40. The number of unbranched alkanes of at least 4 members (excludes halogenated alkanes) is 1. The summed E-state index contributed by atoms with van der Waals surface area (Å²) in [6, 6.07) is 17.6. The van der Waals surface area contributed by atoms with E-state index in [1.54, 1.807) is 22.4 Å². The molecule has 0 radical (unpaired) electrons. The molecule has 2 aromatic heterocycles. The third kappa shape index (κ3) is 5.20. The molecule has 0 saturated carbocycles. The molecule has 0 bridgehead atoms. The standard InChI is InChI=1S/C25H28N6O2S/c1-3-5-15-34-23-16-22(32)30(14-4-2)25(33)31(23)17-18-10-12-19(13-11-18)20-8-6-7-9-21(20)24-26-28-29-27-24/h6-13,16H,3-5,14-15,17H2,1-2H3,(H,26,27,28,29). The van der Waals surface area contributed by atoms with E-state index in [0.717, 1.165) is 52.3 Å². The SMILES string of the molecule is CCCCSc1cc(=O)n(CCC)c(=O)n1Cc1ccc(-c2ccccc2-c2nn[nH]n2)cc1. The van der Waals surface area contributed by atoms with E-state index in [0.29, 0.717) is 18.9 Å². The number of aromatic nitrogens is 6. The van der Waals surface area contributed by atoms with Gasteiger partial charge < -0.3 is 0 Å². The molecule has 9 heteroatoms. The smallest absolute Gasteiger partial charge is 0.283 e. The molecule has 4 rings (SSSR count). The van der Waals surface area contributed by atoms with Crippen LogP contribution in [0.1, 0.15) is 38.7 Å². The summed E-state index contributed by atoms with van der Waals surface area (Å²) in [7, 11) is 0. The molecule has 0 unspecified atom stereocenters. The molecular weight excluding hydrogens is 448 g/mol. The maximum Gasteiger partial charge on any atom is 0.332 e. The van der Waals surface area contributed by atoms with Gasteiger partial charge in [-0.15, -0.1) is 22.0 Å². The Bertz CT molecular complexity index is 1340. The van der Waals surface area contributed by atoms with Gasteiger partial charge in [0.05, 0.1) is 11.6 Å². The maximum absolute atomic E-state index is 13.2. The van der Waals surface area contributed by atoms with Crippen molar-refractivity contribution in [3.8, 4) is 22.5 Å². The lowest BCUT2D eigenvalue weighted by molar-refractivity contribution is 0.537. The van der Waals surface area contributed by atoms with Gasteiger partial charge in [-0.2, -0.15) is 5.21 Å². The van der Waals surface area contributed by atoms with Gasteiger partial charge >= 0.3 is 5.69 Å². The van der Waals surface area contributed by atoms with Crippen molar-refractivity contribution < 1.29 is 0 Å². The van der Waals surface area contributed by atoms with E-state index >= 15 is 0 Å². The zero-order valence-corrected chi connectivity index (χ0v) is 20.2. The first kappa shape index (κ1) is 23.7. The number of H-pyrrole nitrogens is 1. The average molecular weight is 477 g/mol. The molecule has 8 nitrogen and oxygen atoms in total. The summed E-state index contributed by atoms with van der Waals surface area (Å²) in [6.45, 7) is 4.92. The number of nitrogens with zero attached hydrogens (tertiary/aromatic N) is 5. The molecule has 2 heterocycles. The second kappa shape index (κ2) is 11.1. The van der Waals surface area contributed by atoms with Crippen LogP contribution < -0.4 is 11.2 Å². The van der Waals surface area contributed by atoms with Crippen molar-refractivity contribution >= 4 is 11.8 Å². The molecule has 0 saturated heterocycles. The van der Waals surface area contributed by atoms with Gasteiger partial charge in [-0.1, -0.05) is 68.8 Å². The van der Waals surface area contributed by atoms with Gasteiger partial charge in [-0.25, -0.2) is 4.79 Å². The summed E-state index contributed by atoms with van der Waals surface area (Å²) >= 11 is 1.57. The number of nitrogens with one attached hydrogen (secondary N) is 1. The Hall–Kier alpha value is -3.46. The van der Waals surface area contributed by atoms with Crippen molar-refractivity contribution in [1.29, 1.82) is 0 Å². The molecular formula is C25H28N6O2S. The molecule has 34 heavy (non-hydrogen) atoms. The van der Waals surface area contributed by atoms with Gasteiger partial charge in [0.1, 0.15) is 0 Å². The lowest BCUT2D eigenvalue weighted by Crippen LogP contribution is -2.40. The van der Waals surface area contributed by atoms with E-state index < -0.39 is 0 Å². The molecule has 0 atom stereocenters. The number of aromatic amines is 1. The number of hydrogen-bond acceptors (Lipinski definition) is 6. The quantitative estimate of drug-likeness (QED) is 0.209. The molecule has 0 fully saturated rings. The number of hydrogen-bond donors (Lipinski definition) is 1. The van der Waals surface area contributed by atoms with Crippen molar-refractivity contribution in [1.82, 2.24) is 29.8 Å². The highest BCUT2D eigenvalue weighted by molar-refractivity contribution is 7.99. The van der Waals surface area contributed by atoms with E-state index in [1.807, 2.05) is 55.5 Å². The summed E-state index contributed by atoms with van der Waals surface area (Å²) in [4.78, 5) is 25.7. The number of thioether (sulfide) groups is 1. The molecule has 0 amide bonds. The Morgan fingerprint density at radius 2 is 1.71 bits per heavy atom. The van der Waals surface area contributed by atoms with Crippen LogP contribution in [0.25, 0.3) is 22.5 Å². The summed E-state index contributed by atoms with van der Waals surface area (Å²) in [5, 5.41) is 15.1. The summed E-state index contributed by atoms with van der Waals surface area (Å²) in [6.07, 6.45) is 2.83. The topological polar surface area (TPSA) is 98.5 Å². The van der Waals surface area contributed by atoms with Crippen LogP contribution in [-0.2, 0) is 13.1 Å². The van der Waals surface area contributed by atoms with Crippen LogP contribution in [0.4, 0.5) is 0 Å². The molecule has 0 aliphatic heterocycles. The monoisotopic (exact) mass is 476 g/mol. The van der Waals surface area contributed by atoms with Gasteiger partial charge in [0.15, 0.2) is 0 Å². The van der Waals surface area contributed by atoms with Crippen LogP contribution in [0.15, 0.2) is 69.2 Å². The normalized spacial score (nSPS) is 11.1. The van der Waals surface area contributed by atoms with Crippen LogP contribution >= 0.6 is 11.8 Å². The van der Waals surface area contributed by atoms with Crippen LogP contribution in [0.2, 0.25) is 0 Å².